The fourth-order valence-corrected chi connectivity index (χ4v) is 4.88. The normalized spacial score (nSPS) is 14.8. The highest BCUT2D eigenvalue weighted by molar-refractivity contribution is 6.02. The van der Waals surface area contributed by atoms with Crippen LogP contribution < -0.4 is 10.2 Å². The third kappa shape index (κ3) is 5.30. The molecule has 4 aromatic rings. The Balaban J connectivity index is 1.53. The number of amides is 2. The summed E-state index contributed by atoms with van der Waals surface area (Å²) in [7, 11) is 0. The zero-order valence-corrected chi connectivity index (χ0v) is 20.7. The molecule has 1 aliphatic carbocycles. The second-order valence-electron chi connectivity index (χ2n) is 9.36. The monoisotopic (exact) mass is 499 g/mol. The van der Waals surface area contributed by atoms with Crippen molar-refractivity contribution in [2.24, 2.45) is 0 Å². The maximum Gasteiger partial charge on any atom is 0.251 e. The van der Waals surface area contributed by atoms with Gasteiger partial charge in [0.2, 0.25) is 5.91 Å². The Labute approximate surface area is 214 Å². The molecule has 2 aromatic carbocycles. The molecule has 2 aromatic heterocycles. The number of para-hydroxylation sites is 1. The summed E-state index contributed by atoms with van der Waals surface area (Å²) in [6, 6.07) is 16.4. The number of carbonyl (C=O) groups is 3. The number of nitrogens with zero attached hydrogens (tertiary/aromatic N) is 4. The summed E-state index contributed by atoms with van der Waals surface area (Å²) in [6.07, 6.45) is 6.58. The Bertz CT molecular complexity index is 1390. The number of benzene rings is 2. The van der Waals surface area contributed by atoms with E-state index in [0.717, 1.165) is 32.1 Å². The van der Waals surface area contributed by atoms with Crippen LogP contribution in [0.1, 0.15) is 61.2 Å². The summed E-state index contributed by atoms with van der Waals surface area (Å²) >= 11 is 0. The van der Waals surface area contributed by atoms with Crippen LogP contribution >= 0.6 is 0 Å². The van der Waals surface area contributed by atoms with Gasteiger partial charge in [-0.1, -0.05) is 36.6 Å². The van der Waals surface area contributed by atoms with Gasteiger partial charge in [0, 0.05) is 17.3 Å². The molecule has 0 aliphatic heterocycles. The van der Waals surface area contributed by atoms with Crippen molar-refractivity contribution < 1.29 is 18.8 Å². The number of hydrogen-bond acceptors (Lipinski definition) is 6. The maximum atomic E-state index is 14.0. The molecular weight excluding hydrogens is 470 g/mol. The van der Waals surface area contributed by atoms with E-state index in [1.54, 1.807) is 36.4 Å². The zero-order valence-electron chi connectivity index (χ0n) is 20.7. The molecule has 0 bridgehead atoms. The Morgan fingerprint density at radius 3 is 2.49 bits per heavy atom. The topological polar surface area (TPSA) is 110 Å². The van der Waals surface area contributed by atoms with Crippen molar-refractivity contribution >= 4 is 34.3 Å². The van der Waals surface area contributed by atoms with E-state index in [9.17, 15) is 14.4 Å². The van der Waals surface area contributed by atoms with Crippen molar-refractivity contribution in [3.63, 3.8) is 0 Å². The van der Waals surface area contributed by atoms with Crippen molar-refractivity contribution in [3.05, 3.63) is 78.3 Å². The minimum absolute atomic E-state index is 0.0509. The maximum absolute atomic E-state index is 14.0. The average Bonchev–Trinajstić information content (AvgIpc) is 3.58. The van der Waals surface area contributed by atoms with Gasteiger partial charge in [0.25, 0.3) is 5.91 Å². The van der Waals surface area contributed by atoms with Gasteiger partial charge in [-0.25, -0.2) is 4.68 Å². The Morgan fingerprint density at radius 2 is 1.78 bits per heavy atom. The number of anilines is 1. The molecule has 9 nitrogen and oxygen atoms in total. The highest BCUT2D eigenvalue weighted by Gasteiger charge is 2.36. The highest BCUT2D eigenvalue weighted by Crippen LogP contribution is 2.30. The minimum Gasteiger partial charge on any atom is -0.467 e. The number of carbonyl (C=O) groups excluding carboxylic acids is 3. The molecule has 37 heavy (non-hydrogen) atoms. The van der Waals surface area contributed by atoms with Crippen LogP contribution in [0.4, 0.5) is 5.69 Å². The Kier molecular flexibility index (Phi) is 7.11. The summed E-state index contributed by atoms with van der Waals surface area (Å²) < 4.78 is 7.20. The average molecular weight is 500 g/mol. The van der Waals surface area contributed by atoms with Gasteiger partial charge < -0.3 is 9.73 Å². The molecule has 9 heteroatoms. The molecular formula is C28H29N5O4. The molecule has 2 amide bonds. The van der Waals surface area contributed by atoms with E-state index in [-0.39, 0.29) is 30.2 Å². The second kappa shape index (κ2) is 10.8. The molecule has 0 unspecified atom stereocenters. The van der Waals surface area contributed by atoms with Crippen molar-refractivity contribution in [3.8, 4) is 0 Å². The summed E-state index contributed by atoms with van der Waals surface area (Å²) in [6.45, 7) is 1.35. The molecule has 1 fully saturated rings. The molecule has 1 aliphatic rings. The van der Waals surface area contributed by atoms with E-state index in [1.165, 1.54) is 22.8 Å². The minimum atomic E-state index is -1.04. The van der Waals surface area contributed by atoms with Crippen molar-refractivity contribution in [1.29, 1.82) is 0 Å². The van der Waals surface area contributed by atoms with Crippen LogP contribution in [-0.4, -0.2) is 38.6 Å². The van der Waals surface area contributed by atoms with Crippen LogP contribution in [0.25, 0.3) is 11.0 Å². The van der Waals surface area contributed by atoms with Gasteiger partial charge >= 0.3 is 0 Å². The lowest BCUT2D eigenvalue weighted by atomic mass is 9.95. The van der Waals surface area contributed by atoms with Gasteiger partial charge in [-0.15, -0.1) is 5.10 Å². The number of Topliss-reactive ketones (excluding diaryl/α,β-unsaturated/α-hetero) is 1. The van der Waals surface area contributed by atoms with Gasteiger partial charge in [0.15, 0.2) is 11.8 Å². The fourth-order valence-electron chi connectivity index (χ4n) is 4.88. The second-order valence-corrected chi connectivity index (χ2v) is 9.36. The number of nitrogens with one attached hydrogen (secondary N) is 1. The first kappa shape index (κ1) is 24.4. The number of hydrogen-bond donors (Lipinski definition) is 1. The van der Waals surface area contributed by atoms with E-state index in [4.69, 9.17) is 4.42 Å². The molecule has 190 valence electrons. The van der Waals surface area contributed by atoms with Crippen LogP contribution in [0.3, 0.4) is 0 Å². The van der Waals surface area contributed by atoms with Crippen LogP contribution in [0.2, 0.25) is 0 Å². The standard InChI is InChI=1S/C28H29N5O4/c1-19(34)20-13-15-22(16-14-20)33(26(35)18-32-24-11-6-5-10-23(24)30-31-32)27(25-12-7-17-37-25)28(36)29-21-8-3-2-4-9-21/h5-7,10-17,21,27H,2-4,8-9,18H2,1H3,(H,29,36)/t27-/m1/s1. The summed E-state index contributed by atoms with van der Waals surface area (Å²) in [4.78, 5) is 41.0. The summed E-state index contributed by atoms with van der Waals surface area (Å²) in [5, 5.41) is 11.5. The van der Waals surface area contributed by atoms with Gasteiger partial charge in [0.1, 0.15) is 17.8 Å². The number of rotatable bonds is 8. The van der Waals surface area contributed by atoms with E-state index >= 15 is 0 Å². The highest BCUT2D eigenvalue weighted by atomic mass is 16.3. The number of ketones is 1. The lowest BCUT2D eigenvalue weighted by molar-refractivity contribution is -0.128. The smallest absolute Gasteiger partial charge is 0.251 e. The van der Waals surface area contributed by atoms with Crippen molar-refractivity contribution in [2.75, 3.05) is 4.90 Å². The molecule has 5 rings (SSSR count). The largest absolute Gasteiger partial charge is 0.467 e. The quantitative estimate of drug-likeness (QED) is 0.359. The van der Waals surface area contributed by atoms with E-state index in [2.05, 4.69) is 15.6 Å². The van der Waals surface area contributed by atoms with Crippen molar-refractivity contribution in [1.82, 2.24) is 20.3 Å². The molecule has 0 spiro atoms. The Hall–Kier alpha value is -4.27. The van der Waals surface area contributed by atoms with E-state index in [0.29, 0.717) is 28.0 Å². The molecule has 1 saturated carbocycles. The molecule has 0 radical (unpaired) electrons. The third-order valence-corrected chi connectivity index (χ3v) is 6.80. The third-order valence-electron chi connectivity index (χ3n) is 6.80. The lowest BCUT2D eigenvalue weighted by Crippen LogP contribution is -2.48. The SMILES string of the molecule is CC(=O)c1ccc(N(C(=O)Cn2nnc3ccccc32)[C@@H](C(=O)NC2CCCCC2)c2ccco2)cc1. The van der Waals surface area contributed by atoms with Gasteiger partial charge in [-0.3, -0.25) is 19.3 Å². The molecule has 0 saturated heterocycles. The zero-order chi connectivity index (χ0) is 25.8. The Morgan fingerprint density at radius 1 is 1.03 bits per heavy atom. The van der Waals surface area contributed by atoms with Gasteiger partial charge in [-0.05, 0) is 68.3 Å². The van der Waals surface area contributed by atoms with E-state index in [1.807, 2.05) is 24.3 Å². The van der Waals surface area contributed by atoms with Gasteiger partial charge in [-0.2, -0.15) is 0 Å². The number of aromatic nitrogens is 3. The first-order chi connectivity index (χ1) is 18.0. The molecule has 1 N–H and O–H groups in total. The molecule has 1 atom stereocenters. The van der Waals surface area contributed by atoms with Crippen LogP contribution in [0.5, 0.6) is 0 Å². The lowest BCUT2D eigenvalue weighted by Gasteiger charge is -2.32. The number of fused-ring (bicyclic) bond motifs is 1. The first-order valence-electron chi connectivity index (χ1n) is 12.6. The van der Waals surface area contributed by atoms with Crippen LogP contribution in [0.15, 0.2) is 71.3 Å². The van der Waals surface area contributed by atoms with Crippen LogP contribution in [0, 0.1) is 0 Å². The predicted molar refractivity (Wildman–Crippen MR) is 138 cm³/mol. The molecule has 2 heterocycles. The number of furan rings is 1. The fraction of sp³-hybridized carbons (Fsp3) is 0.321. The van der Waals surface area contributed by atoms with Crippen LogP contribution in [-0.2, 0) is 16.1 Å². The predicted octanol–water partition coefficient (Wildman–Crippen LogP) is 4.45. The van der Waals surface area contributed by atoms with E-state index < -0.39 is 6.04 Å². The summed E-state index contributed by atoms with van der Waals surface area (Å²) in [5.74, 6) is -0.419. The first-order valence-corrected chi connectivity index (χ1v) is 12.6. The van der Waals surface area contributed by atoms with Gasteiger partial charge in [0.05, 0.1) is 11.8 Å². The summed E-state index contributed by atoms with van der Waals surface area (Å²) in [5.41, 5.74) is 2.37. The van der Waals surface area contributed by atoms with Crippen molar-refractivity contribution in [2.45, 2.75) is 57.7 Å².